The van der Waals surface area contributed by atoms with Crippen molar-refractivity contribution >= 4 is 11.6 Å². The highest BCUT2D eigenvalue weighted by molar-refractivity contribution is 6.31. The molecule has 1 aromatic carbocycles. The van der Waals surface area contributed by atoms with Crippen LogP contribution in [-0.2, 0) is 0 Å². The molecule has 0 aliphatic heterocycles. The smallest absolute Gasteiger partial charge is 0.0507 e. The van der Waals surface area contributed by atoms with Gasteiger partial charge in [0.15, 0.2) is 0 Å². The molecule has 2 atom stereocenters. The first-order valence-corrected chi connectivity index (χ1v) is 6.64. The van der Waals surface area contributed by atoms with Crippen molar-refractivity contribution in [1.82, 2.24) is 5.43 Å². The zero-order valence-electron chi connectivity index (χ0n) is 10.5. The van der Waals surface area contributed by atoms with E-state index in [-0.39, 0.29) is 6.04 Å². The van der Waals surface area contributed by atoms with Gasteiger partial charge in [-0.2, -0.15) is 0 Å². The van der Waals surface area contributed by atoms with Crippen molar-refractivity contribution in [3.63, 3.8) is 0 Å². The second-order valence-corrected chi connectivity index (χ2v) is 6.06. The normalized spacial score (nSPS) is 24.8. The van der Waals surface area contributed by atoms with Crippen molar-refractivity contribution < 1.29 is 0 Å². The van der Waals surface area contributed by atoms with Crippen LogP contribution < -0.4 is 11.3 Å². The van der Waals surface area contributed by atoms with Crippen LogP contribution in [0, 0.1) is 11.3 Å². The summed E-state index contributed by atoms with van der Waals surface area (Å²) in [7, 11) is 0. The third-order valence-corrected chi connectivity index (χ3v) is 4.51. The maximum Gasteiger partial charge on any atom is 0.0507 e. The van der Waals surface area contributed by atoms with Crippen LogP contribution >= 0.6 is 11.6 Å². The molecule has 0 bridgehead atoms. The summed E-state index contributed by atoms with van der Waals surface area (Å²) in [6.07, 6.45) is 3.76. The first kappa shape index (κ1) is 12.9. The van der Waals surface area contributed by atoms with Gasteiger partial charge in [-0.1, -0.05) is 50.1 Å². The molecule has 1 aromatic rings. The van der Waals surface area contributed by atoms with Crippen LogP contribution in [-0.4, -0.2) is 0 Å². The van der Waals surface area contributed by atoms with Gasteiger partial charge in [0.25, 0.3) is 0 Å². The SMILES string of the molecule is CC1(C)CCCC1C(NN)c1ccccc1Cl. The van der Waals surface area contributed by atoms with E-state index in [1.54, 1.807) is 0 Å². The Balaban J connectivity index is 2.31. The molecular formula is C14H21ClN2. The molecule has 0 aromatic heterocycles. The van der Waals surface area contributed by atoms with Crippen LogP contribution in [0.4, 0.5) is 0 Å². The summed E-state index contributed by atoms with van der Waals surface area (Å²) < 4.78 is 0. The maximum absolute atomic E-state index is 6.27. The number of nitrogens with one attached hydrogen (secondary N) is 1. The van der Waals surface area contributed by atoms with Crippen molar-refractivity contribution in [2.24, 2.45) is 17.2 Å². The van der Waals surface area contributed by atoms with E-state index in [2.05, 4.69) is 25.3 Å². The predicted octanol–water partition coefficient (Wildman–Crippen LogP) is 3.67. The quantitative estimate of drug-likeness (QED) is 0.636. The molecule has 1 aliphatic carbocycles. The summed E-state index contributed by atoms with van der Waals surface area (Å²) >= 11 is 6.27. The van der Waals surface area contributed by atoms with Crippen LogP contribution in [0.3, 0.4) is 0 Å². The summed E-state index contributed by atoms with van der Waals surface area (Å²) in [6, 6.07) is 8.14. The van der Waals surface area contributed by atoms with Gasteiger partial charge in [-0.05, 0) is 35.8 Å². The fraction of sp³-hybridized carbons (Fsp3) is 0.571. The second kappa shape index (κ2) is 4.97. The Kier molecular flexibility index (Phi) is 3.76. The van der Waals surface area contributed by atoms with Crippen LogP contribution in [0.1, 0.15) is 44.7 Å². The number of rotatable bonds is 3. The average Bonchev–Trinajstić information content (AvgIpc) is 2.63. The molecule has 1 fully saturated rings. The lowest BCUT2D eigenvalue weighted by molar-refractivity contribution is 0.198. The molecule has 0 amide bonds. The van der Waals surface area contributed by atoms with E-state index in [9.17, 15) is 0 Å². The molecule has 17 heavy (non-hydrogen) atoms. The summed E-state index contributed by atoms with van der Waals surface area (Å²) in [6.45, 7) is 4.65. The Morgan fingerprint density at radius 1 is 1.41 bits per heavy atom. The van der Waals surface area contributed by atoms with E-state index >= 15 is 0 Å². The molecule has 1 saturated carbocycles. The Hall–Kier alpha value is -0.570. The molecule has 2 nitrogen and oxygen atoms in total. The zero-order chi connectivity index (χ0) is 12.5. The number of hydrazine groups is 1. The fourth-order valence-corrected chi connectivity index (χ4v) is 3.37. The van der Waals surface area contributed by atoms with Crippen LogP contribution in [0.15, 0.2) is 24.3 Å². The Morgan fingerprint density at radius 2 is 2.12 bits per heavy atom. The Bertz CT molecular complexity index is 390. The zero-order valence-corrected chi connectivity index (χ0v) is 11.3. The summed E-state index contributed by atoms with van der Waals surface area (Å²) in [5.41, 5.74) is 4.42. The standard InChI is InChI=1S/C14H21ClN2/c1-14(2)9-5-7-11(14)13(17-16)10-6-3-4-8-12(10)15/h3-4,6,8,11,13,17H,5,7,9,16H2,1-2H3. The molecule has 0 spiro atoms. The lowest BCUT2D eigenvalue weighted by Crippen LogP contribution is -2.37. The minimum atomic E-state index is 0.154. The number of nitrogens with two attached hydrogens (primary N) is 1. The highest BCUT2D eigenvalue weighted by Gasteiger charge is 2.40. The number of halogens is 1. The summed E-state index contributed by atoms with van der Waals surface area (Å²) in [5, 5.41) is 0.804. The van der Waals surface area contributed by atoms with E-state index < -0.39 is 0 Å². The third kappa shape index (κ3) is 2.49. The topological polar surface area (TPSA) is 38.0 Å². The highest BCUT2D eigenvalue weighted by atomic mass is 35.5. The van der Waals surface area contributed by atoms with E-state index in [4.69, 9.17) is 17.4 Å². The minimum Gasteiger partial charge on any atom is -0.271 e. The Labute approximate surface area is 109 Å². The molecule has 0 saturated heterocycles. The number of hydrogen-bond donors (Lipinski definition) is 2. The summed E-state index contributed by atoms with van der Waals surface area (Å²) in [4.78, 5) is 0. The fourth-order valence-electron chi connectivity index (χ4n) is 3.12. The molecule has 0 radical (unpaired) electrons. The predicted molar refractivity (Wildman–Crippen MR) is 72.6 cm³/mol. The second-order valence-electron chi connectivity index (χ2n) is 5.65. The molecule has 2 rings (SSSR count). The van der Waals surface area contributed by atoms with Crippen LogP contribution in [0.2, 0.25) is 5.02 Å². The van der Waals surface area contributed by atoms with Gasteiger partial charge in [-0.3, -0.25) is 11.3 Å². The minimum absolute atomic E-state index is 0.154. The molecule has 94 valence electrons. The summed E-state index contributed by atoms with van der Waals surface area (Å²) in [5.74, 6) is 6.31. The molecule has 3 N–H and O–H groups in total. The van der Waals surface area contributed by atoms with Gasteiger partial charge in [0, 0.05) is 5.02 Å². The monoisotopic (exact) mass is 252 g/mol. The van der Waals surface area contributed by atoms with Crippen molar-refractivity contribution in [3.05, 3.63) is 34.9 Å². The van der Waals surface area contributed by atoms with Gasteiger partial charge in [0.2, 0.25) is 0 Å². The van der Waals surface area contributed by atoms with Crippen molar-refractivity contribution in [2.45, 2.75) is 39.2 Å². The van der Waals surface area contributed by atoms with Crippen LogP contribution in [0.25, 0.3) is 0 Å². The largest absolute Gasteiger partial charge is 0.271 e. The lowest BCUT2D eigenvalue weighted by Gasteiger charge is -2.34. The highest BCUT2D eigenvalue weighted by Crippen LogP contribution is 2.49. The van der Waals surface area contributed by atoms with E-state index in [1.807, 2.05) is 18.2 Å². The average molecular weight is 253 g/mol. The molecule has 1 aliphatic rings. The van der Waals surface area contributed by atoms with Crippen molar-refractivity contribution in [2.75, 3.05) is 0 Å². The van der Waals surface area contributed by atoms with Gasteiger partial charge < -0.3 is 0 Å². The number of hydrogen-bond acceptors (Lipinski definition) is 2. The van der Waals surface area contributed by atoms with Crippen molar-refractivity contribution in [3.8, 4) is 0 Å². The molecular weight excluding hydrogens is 232 g/mol. The molecule has 2 unspecified atom stereocenters. The van der Waals surface area contributed by atoms with Gasteiger partial charge >= 0.3 is 0 Å². The first-order chi connectivity index (χ1) is 8.06. The van der Waals surface area contributed by atoms with E-state index in [0.717, 1.165) is 10.6 Å². The van der Waals surface area contributed by atoms with Gasteiger partial charge in [0.1, 0.15) is 0 Å². The maximum atomic E-state index is 6.27. The van der Waals surface area contributed by atoms with Crippen molar-refractivity contribution in [1.29, 1.82) is 0 Å². The Morgan fingerprint density at radius 3 is 2.65 bits per heavy atom. The van der Waals surface area contributed by atoms with Gasteiger partial charge in [-0.15, -0.1) is 0 Å². The first-order valence-electron chi connectivity index (χ1n) is 6.27. The van der Waals surface area contributed by atoms with Gasteiger partial charge in [0.05, 0.1) is 6.04 Å². The lowest BCUT2D eigenvalue weighted by atomic mass is 9.75. The van der Waals surface area contributed by atoms with Crippen LogP contribution in [0.5, 0.6) is 0 Å². The molecule has 3 heteroatoms. The van der Waals surface area contributed by atoms with Gasteiger partial charge in [-0.25, -0.2) is 0 Å². The van der Waals surface area contributed by atoms with E-state index in [1.165, 1.54) is 19.3 Å². The van der Waals surface area contributed by atoms with E-state index in [0.29, 0.717) is 11.3 Å². The third-order valence-electron chi connectivity index (χ3n) is 4.16. The number of benzene rings is 1. The molecule has 0 heterocycles.